The lowest BCUT2D eigenvalue weighted by molar-refractivity contribution is 0.0696. The van der Waals surface area contributed by atoms with Gasteiger partial charge in [-0.25, -0.2) is 13.2 Å². The Hall–Kier alpha value is -2.54. The summed E-state index contributed by atoms with van der Waals surface area (Å²) < 4.78 is 33.2. The zero-order valence-electron chi connectivity index (χ0n) is 13.9. The molecule has 2 aromatic rings. The van der Waals surface area contributed by atoms with Crippen molar-refractivity contribution >= 4 is 21.7 Å². The van der Waals surface area contributed by atoms with Crippen LogP contribution in [0.25, 0.3) is 0 Å². The van der Waals surface area contributed by atoms with Gasteiger partial charge in [-0.15, -0.1) is 0 Å². The molecule has 2 N–H and O–H groups in total. The molecular formula is C17H19NO5S. The van der Waals surface area contributed by atoms with Crippen LogP contribution in [0, 0.1) is 20.8 Å². The number of carboxylic acids is 1. The lowest BCUT2D eigenvalue weighted by Gasteiger charge is -2.15. The fourth-order valence-electron chi connectivity index (χ4n) is 2.33. The second-order valence-corrected chi connectivity index (χ2v) is 7.18. The number of nitrogens with one attached hydrogen (secondary N) is 1. The number of ether oxygens (including phenoxy) is 1. The van der Waals surface area contributed by atoms with Gasteiger partial charge in [0.15, 0.2) is 0 Å². The maximum Gasteiger partial charge on any atom is 0.335 e. The molecule has 0 unspecified atom stereocenters. The van der Waals surface area contributed by atoms with Crippen molar-refractivity contribution < 1.29 is 23.1 Å². The van der Waals surface area contributed by atoms with Crippen molar-refractivity contribution in [3.8, 4) is 5.75 Å². The van der Waals surface area contributed by atoms with Crippen LogP contribution in [0.15, 0.2) is 35.2 Å². The Morgan fingerprint density at radius 3 is 2.38 bits per heavy atom. The van der Waals surface area contributed by atoms with Crippen LogP contribution in [0.1, 0.15) is 27.0 Å². The van der Waals surface area contributed by atoms with E-state index in [2.05, 4.69) is 4.72 Å². The zero-order valence-corrected chi connectivity index (χ0v) is 14.7. The van der Waals surface area contributed by atoms with E-state index in [1.54, 1.807) is 32.0 Å². The molecule has 0 radical (unpaired) electrons. The first-order valence-corrected chi connectivity index (χ1v) is 8.66. The van der Waals surface area contributed by atoms with Gasteiger partial charge in [0.1, 0.15) is 5.75 Å². The first-order chi connectivity index (χ1) is 11.2. The molecule has 0 aliphatic heterocycles. The molecule has 0 aliphatic rings. The van der Waals surface area contributed by atoms with Crippen LogP contribution in [-0.4, -0.2) is 26.6 Å². The summed E-state index contributed by atoms with van der Waals surface area (Å²) in [6.07, 6.45) is 0. The molecule has 0 bridgehead atoms. The summed E-state index contributed by atoms with van der Waals surface area (Å²) in [6.45, 7) is 5.15. The second-order valence-electron chi connectivity index (χ2n) is 5.53. The van der Waals surface area contributed by atoms with E-state index in [1.165, 1.54) is 13.2 Å². The number of rotatable bonds is 5. The van der Waals surface area contributed by atoms with Crippen molar-refractivity contribution in [2.45, 2.75) is 25.7 Å². The average Bonchev–Trinajstić information content (AvgIpc) is 2.49. The molecule has 0 atom stereocenters. The third-order valence-electron chi connectivity index (χ3n) is 3.76. The summed E-state index contributed by atoms with van der Waals surface area (Å²) in [5.41, 5.74) is 2.18. The monoisotopic (exact) mass is 349 g/mol. The van der Waals surface area contributed by atoms with Gasteiger partial charge < -0.3 is 9.84 Å². The highest BCUT2D eigenvalue weighted by molar-refractivity contribution is 7.92. The minimum absolute atomic E-state index is 0.0662. The molecule has 0 amide bonds. The van der Waals surface area contributed by atoms with E-state index in [-0.39, 0.29) is 10.5 Å². The van der Waals surface area contributed by atoms with Crippen molar-refractivity contribution in [3.63, 3.8) is 0 Å². The first kappa shape index (κ1) is 17.8. The molecule has 0 saturated carbocycles. The number of hydrogen-bond donors (Lipinski definition) is 2. The van der Waals surface area contributed by atoms with E-state index >= 15 is 0 Å². The number of carboxylic acid groups (broad SMARTS) is 1. The predicted molar refractivity (Wildman–Crippen MR) is 91.4 cm³/mol. The third-order valence-corrected chi connectivity index (χ3v) is 5.25. The fourth-order valence-corrected chi connectivity index (χ4v) is 3.74. The van der Waals surface area contributed by atoms with Crippen molar-refractivity contribution in [2.75, 3.05) is 11.8 Å². The molecule has 128 valence electrons. The Balaban J connectivity index is 2.56. The second kappa shape index (κ2) is 6.52. The molecule has 2 aromatic carbocycles. The van der Waals surface area contributed by atoms with Gasteiger partial charge in [0, 0.05) is 0 Å². The number of benzene rings is 2. The Morgan fingerprint density at radius 2 is 1.79 bits per heavy atom. The minimum atomic E-state index is -3.97. The summed E-state index contributed by atoms with van der Waals surface area (Å²) in [7, 11) is -2.52. The molecular weight excluding hydrogens is 330 g/mol. The van der Waals surface area contributed by atoms with E-state index in [9.17, 15) is 13.2 Å². The lowest BCUT2D eigenvalue weighted by atomic mass is 10.1. The van der Waals surface area contributed by atoms with Crippen LogP contribution in [0.4, 0.5) is 5.69 Å². The van der Waals surface area contributed by atoms with Gasteiger partial charge >= 0.3 is 5.97 Å². The summed E-state index contributed by atoms with van der Waals surface area (Å²) in [6, 6.07) is 7.73. The Morgan fingerprint density at radius 1 is 1.12 bits per heavy atom. The molecule has 0 saturated heterocycles. The van der Waals surface area contributed by atoms with Crippen molar-refractivity contribution in [2.24, 2.45) is 0 Å². The normalized spacial score (nSPS) is 11.2. The van der Waals surface area contributed by atoms with Crippen molar-refractivity contribution in [3.05, 3.63) is 52.6 Å². The smallest absolute Gasteiger partial charge is 0.335 e. The van der Waals surface area contributed by atoms with Gasteiger partial charge in [0.25, 0.3) is 10.0 Å². The van der Waals surface area contributed by atoms with E-state index in [0.29, 0.717) is 22.6 Å². The first-order valence-electron chi connectivity index (χ1n) is 7.17. The minimum Gasteiger partial charge on any atom is -0.495 e. The van der Waals surface area contributed by atoms with Crippen molar-refractivity contribution in [1.29, 1.82) is 0 Å². The molecule has 0 heterocycles. The molecule has 0 fully saturated rings. The number of aryl methyl sites for hydroxylation is 2. The van der Waals surface area contributed by atoms with Crippen LogP contribution in [-0.2, 0) is 10.0 Å². The lowest BCUT2D eigenvalue weighted by Crippen LogP contribution is -2.16. The molecule has 0 aliphatic carbocycles. The standard InChI is InChI=1S/C17H19NO5S/c1-10-5-6-15(23-4)14(7-10)18-24(21,22)16-9-13(17(19)20)8-11(2)12(16)3/h5-9,18H,1-4H3,(H,19,20). The van der Waals surface area contributed by atoms with Gasteiger partial charge in [-0.2, -0.15) is 0 Å². The highest BCUT2D eigenvalue weighted by atomic mass is 32.2. The number of hydrogen-bond acceptors (Lipinski definition) is 4. The molecule has 6 nitrogen and oxygen atoms in total. The highest BCUT2D eigenvalue weighted by Gasteiger charge is 2.22. The topological polar surface area (TPSA) is 92.7 Å². The summed E-state index contributed by atoms with van der Waals surface area (Å²) in [5, 5.41) is 9.16. The molecule has 24 heavy (non-hydrogen) atoms. The Labute approximate surface area is 141 Å². The van der Waals surface area contributed by atoms with Gasteiger partial charge in [0.05, 0.1) is 23.3 Å². The highest BCUT2D eigenvalue weighted by Crippen LogP contribution is 2.29. The van der Waals surface area contributed by atoms with Gasteiger partial charge in [-0.3, -0.25) is 4.72 Å². The average molecular weight is 349 g/mol. The van der Waals surface area contributed by atoms with Gasteiger partial charge in [0.2, 0.25) is 0 Å². The zero-order chi connectivity index (χ0) is 18.1. The van der Waals surface area contributed by atoms with E-state index in [0.717, 1.165) is 11.6 Å². The number of sulfonamides is 1. The third kappa shape index (κ3) is 3.51. The SMILES string of the molecule is COc1ccc(C)cc1NS(=O)(=O)c1cc(C(=O)O)cc(C)c1C. The Bertz CT molecular complexity index is 903. The number of carbonyl (C=O) groups is 1. The predicted octanol–water partition coefficient (Wildman–Crippen LogP) is 3.12. The number of methoxy groups -OCH3 is 1. The van der Waals surface area contributed by atoms with Crippen LogP contribution in [0.3, 0.4) is 0 Å². The molecule has 0 spiro atoms. The van der Waals surface area contributed by atoms with Crippen LogP contribution >= 0.6 is 0 Å². The quantitative estimate of drug-likeness (QED) is 0.865. The Kier molecular flexibility index (Phi) is 4.84. The van der Waals surface area contributed by atoms with Crippen LogP contribution in [0.5, 0.6) is 5.75 Å². The van der Waals surface area contributed by atoms with Crippen LogP contribution in [0.2, 0.25) is 0 Å². The molecule has 2 rings (SSSR count). The molecule has 0 aromatic heterocycles. The summed E-state index contributed by atoms with van der Waals surface area (Å²) >= 11 is 0. The van der Waals surface area contributed by atoms with Gasteiger partial charge in [-0.1, -0.05) is 6.07 Å². The largest absolute Gasteiger partial charge is 0.495 e. The van der Waals surface area contributed by atoms with Crippen LogP contribution < -0.4 is 9.46 Å². The molecule has 7 heteroatoms. The maximum atomic E-state index is 12.8. The van der Waals surface area contributed by atoms with E-state index in [4.69, 9.17) is 9.84 Å². The van der Waals surface area contributed by atoms with E-state index in [1.807, 2.05) is 6.92 Å². The summed E-state index contributed by atoms with van der Waals surface area (Å²) in [4.78, 5) is 11.1. The number of aromatic carboxylic acids is 1. The van der Waals surface area contributed by atoms with Crippen molar-refractivity contribution in [1.82, 2.24) is 0 Å². The fraction of sp³-hybridized carbons (Fsp3) is 0.235. The number of anilines is 1. The summed E-state index contributed by atoms with van der Waals surface area (Å²) in [5.74, 6) is -0.796. The maximum absolute atomic E-state index is 12.8. The van der Waals surface area contributed by atoms with Gasteiger partial charge in [-0.05, 0) is 61.7 Å². The van der Waals surface area contributed by atoms with E-state index < -0.39 is 16.0 Å².